The quantitative estimate of drug-likeness (QED) is 0.600. The second kappa shape index (κ2) is 3.35. The largest absolute Gasteiger partial charge is 0.373 e. The average Bonchev–Trinajstić information content (AvgIpc) is 2.68. The van der Waals surface area contributed by atoms with Crippen LogP contribution in [-0.4, -0.2) is 41.9 Å². The Labute approximate surface area is 83.2 Å². The number of carbonyl (C=O) groups is 2. The van der Waals surface area contributed by atoms with Crippen LogP contribution in [0.1, 0.15) is 26.2 Å². The first-order valence-electron chi connectivity index (χ1n) is 5.07. The van der Waals surface area contributed by atoms with Crippen molar-refractivity contribution in [2.75, 3.05) is 19.7 Å². The van der Waals surface area contributed by atoms with Crippen molar-refractivity contribution in [1.82, 2.24) is 4.90 Å². The van der Waals surface area contributed by atoms with Crippen LogP contribution in [0.25, 0.3) is 0 Å². The maximum Gasteiger partial charge on any atom is 0.290 e. The van der Waals surface area contributed by atoms with Crippen molar-refractivity contribution in [1.29, 1.82) is 0 Å². The molecule has 2 heterocycles. The molecule has 0 N–H and O–H groups in total. The van der Waals surface area contributed by atoms with Crippen LogP contribution in [-0.2, 0) is 14.3 Å². The summed E-state index contributed by atoms with van der Waals surface area (Å²) in [5.41, 5.74) is -0.222. The van der Waals surface area contributed by atoms with Crippen LogP contribution in [0.5, 0.6) is 0 Å². The SMILES string of the molecule is CC1(CN2CCC(=O)C2=O)CCCO1. The zero-order valence-corrected chi connectivity index (χ0v) is 8.41. The van der Waals surface area contributed by atoms with Gasteiger partial charge in [0.05, 0.1) is 5.60 Å². The van der Waals surface area contributed by atoms with Crippen LogP contribution in [0.4, 0.5) is 0 Å². The summed E-state index contributed by atoms with van der Waals surface area (Å²) in [5.74, 6) is -0.590. The van der Waals surface area contributed by atoms with Gasteiger partial charge in [-0.15, -0.1) is 0 Å². The predicted molar refractivity (Wildman–Crippen MR) is 49.8 cm³/mol. The molecule has 1 atom stereocenters. The van der Waals surface area contributed by atoms with Crippen molar-refractivity contribution >= 4 is 11.7 Å². The third-order valence-electron chi connectivity index (χ3n) is 2.96. The minimum atomic E-state index is -0.332. The highest BCUT2D eigenvalue weighted by atomic mass is 16.5. The first-order chi connectivity index (χ1) is 6.61. The van der Waals surface area contributed by atoms with Crippen LogP contribution < -0.4 is 0 Å². The van der Waals surface area contributed by atoms with E-state index in [0.29, 0.717) is 19.5 Å². The van der Waals surface area contributed by atoms with Gasteiger partial charge in [-0.1, -0.05) is 0 Å². The zero-order chi connectivity index (χ0) is 10.2. The van der Waals surface area contributed by atoms with Gasteiger partial charge in [0.25, 0.3) is 5.91 Å². The van der Waals surface area contributed by atoms with Crippen LogP contribution in [0.15, 0.2) is 0 Å². The van der Waals surface area contributed by atoms with Crippen LogP contribution in [0.3, 0.4) is 0 Å². The number of nitrogens with zero attached hydrogens (tertiary/aromatic N) is 1. The molecule has 2 saturated heterocycles. The monoisotopic (exact) mass is 197 g/mol. The average molecular weight is 197 g/mol. The Kier molecular flexibility index (Phi) is 2.31. The lowest BCUT2D eigenvalue weighted by Crippen LogP contribution is -2.41. The summed E-state index contributed by atoms with van der Waals surface area (Å²) in [7, 11) is 0. The van der Waals surface area contributed by atoms with Crippen LogP contribution in [0.2, 0.25) is 0 Å². The third kappa shape index (κ3) is 1.66. The molecule has 2 aliphatic rings. The van der Waals surface area contributed by atoms with Gasteiger partial charge >= 0.3 is 0 Å². The van der Waals surface area contributed by atoms with Crippen molar-refractivity contribution < 1.29 is 14.3 Å². The molecule has 0 saturated carbocycles. The molecule has 0 radical (unpaired) electrons. The number of likely N-dealkylation sites (tertiary alicyclic amines) is 1. The summed E-state index contributed by atoms with van der Waals surface area (Å²) >= 11 is 0. The van der Waals surface area contributed by atoms with Gasteiger partial charge in [0.15, 0.2) is 0 Å². The minimum absolute atomic E-state index is 0.222. The Hall–Kier alpha value is -0.900. The second-order valence-electron chi connectivity index (χ2n) is 4.30. The predicted octanol–water partition coefficient (Wildman–Crippen LogP) is 0.357. The fourth-order valence-electron chi connectivity index (χ4n) is 2.14. The van der Waals surface area contributed by atoms with E-state index in [9.17, 15) is 9.59 Å². The molecule has 0 bridgehead atoms. The van der Waals surface area contributed by atoms with Gasteiger partial charge < -0.3 is 9.64 Å². The number of hydrogen-bond donors (Lipinski definition) is 0. The summed E-state index contributed by atoms with van der Waals surface area (Å²) in [4.78, 5) is 24.0. The summed E-state index contributed by atoms with van der Waals surface area (Å²) in [6.07, 6.45) is 2.40. The van der Waals surface area contributed by atoms with Gasteiger partial charge in [0.1, 0.15) is 0 Å². The Morgan fingerprint density at radius 1 is 1.50 bits per heavy atom. The van der Waals surface area contributed by atoms with Crippen LogP contribution in [0, 0.1) is 0 Å². The standard InChI is InChI=1S/C10H15NO3/c1-10(4-2-6-14-10)7-11-5-3-8(12)9(11)13/h2-7H2,1H3. The Bertz CT molecular complexity index is 269. The van der Waals surface area contributed by atoms with Crippen molar-refractivity contribution in [3.63, 3.8) is 0 Å². The Balaban J connectivity index is 1.97. The molecule has 0 spiro atoms. The fraction of sp³-hybridized carbons (Fsp3) is 0.800. The lowest BCUT2D eigenvalue weighted by Gasteiger charge is -2.28. The Morgan fingerprint density at radius 2 is 2.29 bits per heavy atom. The van der Waals surface area contributed by atoms with E-state index in [0.717, 1.165) is 19.4 Å². The van der Waals surface area contributed by atoms with E-state index in [4.69, 9.17) is 4.74 Å². The van der Waals surface area contributed by atoms with Gasteiger partial charge in [-0.25, -0.2) is 0 Å². The molecule has 4 heteroatoms. The second-order valence-corrected chi connectivity index (χ2v) is 4.30. The van der Waals surface area contributed by atoms with Crippen LogP contribution >= 0.6 is 0 Å². The minimum Gasteiger partial charge on any atom is -0.373 e. The molecule has 0 aromatic heterocycles. The topological polar surface area (TPSA) is 46.6 Å². The highest BCUT2D eigenvalue weighted by molar-refractivity contribution is 6.37. The number of rotatable bonds is 2. The number of amides is 1. The number of hydrogen-bond acceptors (Lipinski definition) is 3. The van der Waals surface area contributed by atoms with E-state index in [1.54, 1.807) is 4.90 Å². The molecular formula is C10H15NO3. The van der Waals surface area contributed by atoms with Crippen molar-refractivity contribution in [3.8, 4) is 0 Å². The Morgan fingerprint density at radius 3 is 2.79 bits per heavy atom. The fourth-order valence-corrected chi connectivity index (χ4v) is 2.14. The lowest BCUT2D eigenvalue weighted by molar-refractivity contribution is -0.141. The normalized spacial score (nSPS) is 33.1. The summed E-state index contributed by atoms with van der Waals surface area (Å²) in [5, 5.41) is 0. The first kappa shape index (κ1) is 9.65. The van der Waals surface area contributed by atoms with Crippen molar-refractivity contribution in [2.24, 2.45) is 0 Å². The van der Waals surface area contributed by atoms with E-state index in [1.807, 2.05) is 6.92 Å². The summed E-state index contributed by atoms with van der Waals surface area (Å²) in [6, 6.07) is 0. The van der Waals surface area contributed by atoms with E-state index < -0.39 is 0 Å². The highest BCUT2D eigenvalue weighted by Crippen LogP contribution is 2.27. The molecular weight excluding hydrogens is 182 g/mol. The van der Waals surface area contributed by atoms with Gasteiger partial charge in [0, 0.05) is 26.1 Å². The van der Waals surface area contributed by atoms with Gasteiger partial charge in [0.2, 0.25) is 5.78 Å². The van der Waals surface area contributed by atoms with E-state index in [-0.39, 0.29) is 17.3 Å². The molecule has 1 unspecified atom stereocenters. The zero-order valence-electron chi connectivity index (χ0n) is 8.41. The molecule has 0 aromatic rings. The maximum atomic E-state index is 11.4. The molecule has 14 heavy (non-hydrogen) atoms. The third-order valence-corrected chi connectivity index (χ3v) is 2.96. The van der Waals surface area contributed by atoms with Gasteiger partial charge in [-0.05, 0) is 19.8 Å². The molecule has 2 rings (SSSR count). The smallest absolute Gasteiger partial charge is 0.290 e. The number of ether oxygens (including phenoxy) is 1. The molecule has 2 aliphatic heterocycles. The van der Waals surface area contributed by atoms with Crippen molar-refractivity contribution in [2.45, 2.75) is 31.8 Å². The van der Waals surface area contributed by atoms with E-state index >= 15 is 0 Å². The highest BCUT2D eigenvalue weighted by Gasteiger charge is 2.37. The number of Topliss-reactive ketones (excluding diaryl/α,β-unsaturated/α-hetero) is 1. The number of ketones is 1. The lowest BCUT2D eigenvalue weighted by atomic mass is 10.0. The molecule has 2 fully saturated rings. The van der Waals surface area contributed by atoms with Crippen molar-refractivity contribution in [3.05, 3.63) is 0 Å². The first-order valence-corrected chi connectivity index (χ1v) is 5.07. The molecule has 0 aliphatic carbocycles. The maximum absolute atomic E-state index is 11.4. The van der Waals surface area contributed by atoms with Gasteiger partial charge in [-0.2, -0.15) is 0 Å². The molecule has 1 amide bonds. The summed E-state index contributed by atoms with van der Waals surface area (Å²) < 4.78 is 5.58. The van der Waals surface area contributed by atoms with E-state index in [2.05, 4.69) is 0 Å². The summed E-state index contributed by atoms with van der Waals surface area (Å²) in [6.45, 7) is 3.91. The number of carbonyl (C=O) groups excluding carboxylic acids is 2. The molecule has 78 valence electrons. The molecule has 0 aromatic carbocycles. The van der Waals surface area contributed by atoms with E-state index in [1.165, 1.54) is 0 Å². The van der Waals surface area contributed by atoms with Gasteiger partial charge in [-0.3, -0.25) is 9.59 Å². The molecule has 4 nitrogen and oxygen atoms in total.